The molecule has 12 heteroatoms. The molecule has 0 aliphatic carbocycles. The lowest BCUT2D eigenvalue weighted by Gasteiger charge is -2.10. The van der Waals surface area contributed by atoms with Gasteiger partial charge in [0.2, 0.25) is 11.4 Å². The average Bonchev–Trinajstić information content (AvgIpc) is 1.63. The van der Waals surface area contributed by atoms with Crippen molar-refractivity contribution >= 4 is 131 Å². The summed E-state index contributed by atoms with van der Waals surface area (Å²) in [5, 5.41) is 19.0. The van der Waals surface area contributed by atoms with Crippen LogP contribution in [0.25, 0.3) is 176 Å². The van der Waals surface area contributed by atoms with Crippen LogP contribution in [-0.2, 0) is 28.2 Å². The van der Waals surface area contributed by atoms with E-state index in [0.717, 1.165) is 123 Å². The van der Waals surface area contributed by atoms with Gasteiger partial charge in [-0.05, 0) is 186 Å². The topological polar surface area (TPSA) is 120 Å². The number of nitrogens with zero attached hydrogens (tertiary/aromatic N) is 8. The third-order valence-electron chi connectivity index (χ3n) is 21.0. The van der Waals surface area contributed by atoms with Crippen LogP contribution in [0.2, 0.25) is 0 Å². The molecule has 12 aromatic carbocycles. The molecule has 0 unspecified atom stereocenters. The standard InChI is InChI=1S/C24H21N2O.2C23H19N2O.C22H17N2O/c1-14-9-20-19-11-17-7-5-6-8-18(17)12-22(19)27-24(20)23(16(14)3)21-10-15(2)25-13-26(21)4;1-14-10-19-18-11-16-6-4-5-7-17(16)12-21(18)26-23(19)22(15(14)2)20-8-9-24-13-25(20)3;1-14-8-9-18-19-10-16-6-4-5-7-17(16)11-21(19)26-23(18)22(14)20-12-24-15(2)13-25(20)3;1-14-7-8-17-18-11-15-5-3-4-6-16(15)12-20(18)25-22(17)21(14)19-13-23-9-10-24(19)2/h5-13H,1-4H3;2*4-13H,1-3H3;3-13H,1-2H3/q4*+1. The van der Waals surface area contributed by atoms with Crippen molar-refractivity contribution in [2.75, 3.05) is 0 Å². The average molecular weight is 1360 g/mol. The Morgan fingerprint density at radius 1 is 0.279 bits per heavy atom. The molecule has 12 nitrogen and oxygen atoms in total. The van der Waals surface area contributed by atoms with Gasteiger partial charge in [0.1, 0.15) is 82.0 Å². The number of hydrogen-bond donors (Lipinski definition) is 0. The van der Waals surface area contributed by atoms with E-state index in [0.29, 0.717) is 0 Å². The van der Waals surface area contributed by atoms with E-state index < -0.39 is 0 Å². The van der Waals surface area contributed by atoms with Crippen molar-refractivity contribution in [2.45, 2.75) is 55.4 Å². The fraction of sp³-hybridized carbons (Fsp3) is 0.130. The molecule has 0 spiro atoms. The van der Waals surface area contributed by atoms with E-state index in [1.54, 1.807) is 6.20 Å². The number of benzene rings is 12. The molecule has 504 valence electrons. The van der Waals surface area contributed by atoms with Gasteiger partial charge in [0.05, 0.1) is 54.9 Å². The predicted molar refractivity (Wildman–Crippen MR) is 420 cm³/mol. The van der Waals surface area contributed by atoms with Gasteiger partial charge in [0.25, 0.3) is 12.7 Å². The quantitative estimate of drug-likeness (QED) is 0.160. The second-order valence-corrected chi connectivity index (χ2v) is 27.8. The molecule has 8 aromatic heterocycles. The maximum atomic E-state index is 6.44. The zero-order valence-electron chi connectivity index (χ0n) is 60.3. The summed E-state index contributed by atoms with van der Waals surface area (Å²) in [6.45, 7) is 16.9. The molecule has 104 heavy (non-hydrogen) atoms. The fourth-order valence-electron chi connectivity index (χ4n) is 15.2. The van der Waals surface area contributed by atoms with E-state index in [1.165, 1.54) is 98.0 Å². The summed E-state index contributed by atoms with van der Waals surface area (Å²) in [7, 11) is 8.14. The van der Waals surface area contributed by atoms with Gasteiger partial charge in [-0.3, -0.25) is 4.98 Å². The first-order valence-electron chi connectivity index (χ1n) is 35.1. The Bertz CT molecular complexity index is 6910. The minimum atomic E-state index is 0.923. The summed E-state index contributed by atoms with van der Waals surface area (Å²) < 4.78 is 33.9. The van der Waals surface area contributed by atoms with Crippen molar-refractivity contribution in [3.63, 3.8) is 0 Å². The van der Waals surface area contributed by atoms with Crippen LogP contribution < -0.4 is 18.3 Å². The zero-order valence-corrected chi connectivity index (χ0v) is 60.3. The summed E-state index contributed by atoms with van der Waals surface area (Å²) in [5.74, 6) is 0. The predicted octanol–water partition coefficient (Wildman–Crippen LogP) is 21.0. The molecule has 0 radical (unpaired) electrons. The Labute approximate surface area is 600 Å². The molecule has 0 aliphatic rings. The molecule has 0 fully saturated rings. The Hall–Kier alpha value is -12.8. The smallest absolute Gasteiger partial charge is 0.286 e. The minimum Gasteiger partial charge on any atom is -0.455 e. The molecule has 20 rings (SSSR count). The van der Waals surface area contributed by atoms with Crippen LogP contribution in [0.3, 0.4) is 0 Å². The van der Waals surface area contributed by atoms with Crippen LogP contribution >= 0.6 is 0 Å². The summed E-state index contributed by atoms with van der Waals surface area (Å²) in [4.78, 5) is 17.4. The Morgan fingerprint density at radius 3 is 1.10 bits per heavy atom. The van der Waals surface area contributed by atoms with Crippen LogP contribution in [0.5, 0.6) is 0 Å². The number of fused-ring (bicyclic) bond motifs is 16. The third-order valence-corrected chi connectivity index (χ3v) is 21.0. The van der Waals surface area contributed by atoms with E-state index in [9.17, 15) is 0 Å². The molecular weight excluding hydrogens is 1280 g/mol. The van der Waals surface area contributed by atoms with E-state index in [4.69, 9.17) is 17.7 Å². The molecule has 0 N–H and O–H groups in total. The maximum absolute atomic E-state index is 6.44. The molecule has 0 saturated heterocycles. The summed E-state index contributed by atoms with van der Waals surface area (Å²) in [6, 6.07) is 68.5. The van der Waals surface area contributed by atoms with Crippen molar-refractivity contribution < 1.29 is 35.9 Å². The van der Waals surface area contributed by atoms with E-state index in [1.807, 2.05) is 89.3 Å². The van der Waals surface area contributed by atoms with E-state index in [-0.39, 0.29) is 0 Å². The van der Waals surface area contributed by atoms with Crippen LogP contribution in [0.1, 0.15) is 44.8 Å². The Balaban J connectivity index is 0.000000103. The minimum absolute atomic E-state index is 0.923. The molecule has 8 heterocycles. The highest BCUT2D eigenvalue weighted by atomic mass is 16.3. The Morgan fingerprint density at radius 2 is 0.673 bits per heavy atom. The number of furan rings is 4. The lowest BCUT2D eigenvalue weighted by molar-refractivity contribution is -0.663. The molecule has 20 aromatic rings. The Kier molecular flexibility index (Phi) is 15.9. The SMILES string of the molecule is Cc1c[n+](C)c(-c2c(C)ccc3c2oc2cc4ccccc4cc23)cn1.Cc1cc(-c2c(C)c(C)cc3c2oc2cc4ccccc4cc23)[n+](C)cn1.Cc1cc2c(oc3cc4ccccc4cc32)c(-c2ccnc[n+]2C)c1C.Cc1ccc2c(oc3cc4ccccc4cc32)c1-c1cncc[n+]1C. The molecule has 0 saturated carbocycles. The number of hydrogen-bond acceptors (Lipinski definition) is 8. The first kappa shape index (κ1) is 64.6. The highest BCUT2D eigenvalue weighted by Crippen LogP contribution is 2.44. The highest BCUT2D eigenvalue weighted by molar-refractivity contribution is 6.17. The van der Waals surface area contributed by atoms with E-state index >= 15 is 0 Å². The molecule has 0 amide bonds. The van der Waals surface area contributed by atoms with Crippen molar-refractivity contribution in [1.29, 1.82) is 0 Å². The number of rotatable bonds is 4. The van der Waals surface area contributed by atoms with Gasteiger partial charge < -0.3 is 17.7 Å². The van der Waals surface area contributed by atoms with Crippen LogP contribution in [0.4, 0.5) is 0 Å². The van der Waals surface area contributed by atoms with Gasteiger partial charge in [-0.25, -0.2) is 14.1 Å². The van der Waals surface area contributed by atoms with Gasteiger partial charge >= 0.3 is 0 Å². The largest absolute Gasteiger partial charge is 0.455 e. The fourth-order valence-corrected chi connectivity index (χ4v) is 15.2. The molecule has 0 aliphatic heterocycles. The lowest BCUT2D eigenvalue weighted by atomic mass is 9.96. The third kappa shape index (κ3) is 11.2. The summed E-state index contributed by atoms with van der Waals surface area (Å²) in [5.41, 5.74) is 25.7. The van der Waals surface area contributed by atoms with Crippen LogP contribution in [0, 0.1) is 55.4 Å². The van der Waals surface area contributed by atoms with Crippen LogP contribution in [0.15, 0.2) is 262 Å². The van der Waals surface area contributed by atoms with Gasteiger partial charge in [-0.1, -0.05) is 131 Å². The van der Waals surface area contributed by atoms with Gasteiger partial charge in [-0.15, -0.1) is 0 Å². The second kappa shape index (κ2) is 25.7. The number of aromatic nitrogens is 8. The molecular formula is C92H76N8O4+4. The normalized spacial score (nSPS) is 11.7. The van der Waals surface area contributed by atoms with Crippen molar-refractivity contribution in [3.05, 3.63) is 289 Å². The highest BCUT2D eigenvalue weighted by Gasteiger charge is 2.26. The van der Waals surface area contributed by atoms with E-state index in [2.05, 4.69) is 270 Å². The number of aryl methyl sites for hydroxylation is 10. The van der Waals surface area contributed by atoms with Crippen molar-refractivity contribution in [2.24, 2.45) is 28.2 Å². The van der Waals surface area contributed by atoms with Gasteiger partial charge in [-0.2, -0.15) is 9.13 Å². The van der Waals surface area contributed by atoms with Gasteiger partial charge in [0, 0.05) is 62.1 Å². The van der Waals surface area contributed by atoms with Crippen LogP contribution in [-0.4, -0.2) is 19.9 Å². The first-order chi connectivity index (χ1) is 50.5. The lowest BCUT2D eigenvalue weighted by Crippen LogP contribution is -2.31. The molecule has 0 atom stereocenters. The second-order valence-electron chi connectivity index (χ2n) is 27.8. The first-order valence-corrected chi connectivity index (χ1v) is 35.1. The van der Waals surface area contributed by atoms with Crippen molar-refractivity contribution in [3.8, 4) is 45.0 Å². The van der Waals surface area contributed by atoms with Gasteiger partial charge in [0.15, 0.2) is 18.1 Å². The summed E-state index contributed by atoms with van der Waals surface area (Å²) in [6.07, 6.45) is 15.2. The summed E-state index contributed by atoms with van der Waals surface area (Å²) >= 11 is 0. The molecule has 0 bridgehead atoms. The zero-order chi connectivity index (χ0) is 71.3. The maximum Gasteiger partial charge on any atom is 0.286 e. The monoisotopic (exact) mass is 1360 g/mol. The van der Waals surface area contributed by atoms with Crippen molar-refractivity contribution in [1.82, 2.24) is 19.9 Å².